The molecule has 0 aliphatic heterocycles. The highest BCUT2D eigenvalue weighted by Gasteiger charge is 1.17. The van der Waals surface area contributed by atoms with E-state index < -0.39 is 0 Å². The second-order valence-electron chi connectivity index (χ2n) is 0.118. The molecule has 0 aromatic carbocycles. The van der Waals surface area contributed by atoms with Gasteiger partial charge in [0.1, 0.15) is 0 Å². The molecule has 0 amide bonds. The van der Waals surface area contributed by atoms with Gasteiger partial charge in [-0.15, -0.1) is 0 Å². The Morgan fingerprint density at radius 2 is 1.40 bits per heavy atom. The molecule has 0 aliphatic rings. The van der Waals surface area contributed by atoms with Crippen LogP contribution in [0.2, 0.25) is 0 Å². The molecule has 0 spiro atoms. The topological polar surface area (TPSA) is 42.7 Å². The fraction of sp³-hybridized carbons (Fsp3) is 0. The summed E-state index contributed by atoms with van der Waals surface area (Å²) in [7, 11) is 0. The predicted molar refractivity (Wildman–Crippen MR) is 7.62 cm³/mol. The normalized spacial score (nSPS) is 1.60. The summed E-state index contributed by atoms with van der Waals surface area (Å²) in [6.07, 6.45) is 1.00. The van der Waals surface area contributed by atoms with E-state index in [-0.39, 0.29) is 24.8 Å². The first-order valence-corrected chi connectivity index (χ1v) is 0.493. The highest BCUT2D eigenvalue weighted by Crippen LogP contribution is 0.607. The molecular weight excluding hydrogens is 113 g/mol. The summed E-state index contributed by atoms with van der Waals surface area (Å²) in [4.78, 5) is 8.46. The lowest BCUT2D eigenvalue weighted by atomic mass is 11.7. The Balaban J connectivity index is -0.0000000200. The van der Waals surface area contributed by atoms with Crippen molar-refractivity contribution in [3.8, 4) is 0 Å². The van der Waals surface area contributed by atoms with Crippen LogP contribution in [0.5, 0.6) is 0 Å². The molecule has 0 rings (SSSR count). The molecular formula is CH2Cl2NO-. The van der Waals surface area contributed by atoms with Gasteiger partial charge in [-0.2, -0.15) is 10.2 Å². The van der Waals surface area contributed by atoms with Crippen LogP contribution in [0.15, 0.2) is 0 Å². The SMILES string of the molecule is [Cl-].[Cl-].[NH2+]=C=O. The zero-order chi connectivity index (χ0) is 2.71. The lowest BCUT2D eigenvalue weighted by Gasteiger charge is -1.00. The maximum absolute atomic E-state index is 8.46. The van der Waals surface area contributed by atoms with Crippen molar-refractivity contribution < 1.29 is 35.0 Å². The first-order valence-electron chi connectivity index (χ1n) is 0.493. The molecule has 0 atom stereocenters. The zero-order valence-corrected chi connectivity index (χ0v) is 3.75. The Bertz CT molecular complexity index is 30.6. The van der Waals surface area contributed by atoms with Crippen molar-refractivity contribution in [2.75, 3.05) is 0 Å². The van der Waals surface area contributed by atoms with Gasteiger partial charge < -0.3 is 24.8 Å². The van der Waals surface area contributed by atoms with Crippen molar-refractivity contribution >= 4 is 6.08 Å². The summed E-state index contributed by atoms with van der Waals surface area (Å²) < 4.78 is 0. The monoisotopic (exact) mass is 114 g/mol. The Hall–Kier alpha value is -0.0400. The Morgan fingerprint density at radius 1 is 1.40 bits per heavy atom. The van der Waals surface area contributed by atoms with Crippen LogP contribution in [0.4, 0.5) is 0 Å². The number of carbonyl (C=O) groups excluding carboxylic acids is 1. The first-order chi connectivity index (χ1) is 1.41. The minimum atomic E-state index is 0. The molecule has 2 N–H and O–H groups in total. The molecule has 0 fully saturated rings. The van der Waals surface area contributed by atoms with Gasteiger partial charge in [0, 0.05) is 0 Å². The van der Waals surface area contributed by atoms with Crippen LogP contribution < -0.4 is 30.2 Å². The average Bonchev–Trinajstić information content (AvgIpc) is 0.918. The van der Waals surface area contributed by atoms with E-state index in [2.05, 4.69) is 5.41 Å². The van der Waals surface area contributed by atoms with Crippen molar-refractivity contribution in [1.82, 2.24) is 0 Å². The summed E-state index contributed by atoms with van der Waals surface area (Å²) in [5.41, 5.74) is 0. The molecule has 0 radical (unpaired) electrons. The van der Waals surface area contributed by atoms with Crippen LogP contribution in [0.25, 0.3) is 0 Å². The number of rotatable bonds is 0. The fourth-order valence-corrected chi connectivity index (χ4v) is 0. The third-order valence-corrected chi connectivity index (χ3v) is 0. The molecule has 0 aliphatic carbocycles. The quantitative estimate of drug-likeness (QED) is 0.247. The van der Waals surface area contributed by atoms with E-state index >= 15 is 0 Å². The molecule has 4 heteroatoms. The third-order valence-electron chi connectivity index (χ3n) is 0. The molecule has 32 valence electrons. The van der Waals surface area contributed by atoms with E-state index in [0.29, 0.717) is 0 Å². The van der Waals surface area contributed by atoms with E-state index in [4.69, 9.17) is 4.79 Å². The maximum atomic E-state index is 8.46. The molecule has 0 saturated heterocycles. The van der Waals surface area contributed by atoms with Crippen molar-refractivity contribution in [3.05, 3.63) is 0 Å². The number of hydrogen-bond acceptors (Lipinski definition) is 1. The van der Waals surface area contributed by atoms with Crippen molar-refractivity contribution in [1.29, 1.82) is 0 Å². The van der Waals surface area contributed by atoms with Crippen LogP contribution in [0.3, 0.4) is 0 Å². The average molecular weight is 115 g/mol. The van der Waals surface area contributed by atoms with Gasteiger partial charge in [-0.1, -0.05) is 0 Å². The van der Waals surface area contributed by atoms with E-state index in [1.165, 1.54) is 0 Å². The molecule has 0 saturated carbocycles. The minimum absolute atomic E-state index is 0. The zero-order valence-electron chi connectivity index (χ0n) is 2.24. The van der Waals surface area contributed by atoms with Crippen molar-refractivity contribution in [2.45, 2.75) is 0 Å². The largest absolute Gasteiger partial charge is 1.00 e. The molecule has 0 aromatic heterocycles. The van der Waals surface area contributed by atoms with Gasteiger partial charge in [0.25, 0.3) is 0 Å². The van der Waals surface area contributed by atoms with Crippen molar-refractivity contribution in [3.63, 3.8) is 0 Å². The maximum Gasteiger partial charge on any atom is 0.420 e. The first kappa shape index (κ1) is 20.2. The van der Waals surface area contributed by atoms with Gasteiger partial charge in [-0.25, -0.2) is 0 Å². The standard InChI is InChI=1S/CHNO.2ClH/c2-1-3;;/h2H;2*1H/p-1. The Morgan fingerprint density at radius 3 is 1.40 bits per heavy atom. The number of nitrogens with two attached hydrogens (primary N) is 1. The van der Waals surface area contributed by atoms with E-state index in [0.717, 1.165) is 6.08 Å². The Kier molecular flexibility index (Phi) is 152. The second-order valence-corrected chi connectivity index (χ2v) is 0.118. The van der Waals surface area contributed by atoms with Crippen LogP contribution >= 0.6 is 0 Å². The van der Waals surface area contributed by atoms with Crippen LogP contribution in [-0.4, -0.2) is 6.08 Å². The summed E-state index contributed by atoms with van der Waals surface area (Å²) in [6.45, 7) is 0. The van der Waals surface area contributed by atoms with Gasteiger partial charge in [-0.3, -0.25) is 0 Å². The summed E-state index contributed by atoms with van der Waals surface area (Å²) >= 11 is 0. The van der Waals surface area contributed by atoms with Gasteiger partial charge in [-0.05, 0) is 0 Å². The Labute approximate surface area is 41.9 Å². The smallest absolute Gasteiger partial charge is 0.420 e. The molecule has 0 heterocycles. The van der Waals surface area contributed by atoms with Crippen molar-refractivity contribution in [2.24, 2.45) is 0 Å². The molecule has 2 nitrogen and oxygen atoms in total. The van der Waals surface area contributed by atoms with E-state index in [1.807, 2.05) is 0 Å². The van der Waals surface area contributed by atoms with Gasteiger partial charge in [0.15, 0.2) is 0 Å². The number of halogens is 2. The van der Waals surface area contributed by atoms with Gasteiger partial charge in [0.2, 0.25) is 0 Å². The second kappa shape index (κ2) is 37.6. The molecule has 0 bridgehead atoms. The summed E-state index contributed by atoms with van der Waals surface area (Å²) in [6, 6.07) is 0. The lowest BCUT2D eigenvalue weighted by molar-refractivity contribution is -0.111. The number of hydrogen-bond donors (Lipinski definition) is 1. The highest BCUT2D eigenvalue weighted by atomic mass is 35.5. The third kappa shape index (κ3) is 9510. The van der Waals surface area contributed by atoms with Crippen LogP contribution in [0.1, 0.15) is 0 Å². The van der Waals surface area contributed by atoms with E-state index in [1.54, 1.807) is 0 Å². The van der Waals surface area contributed by atoms with Crippen LogP contribution in [-0.2, 0) is 4.79 Å². The van der Waals surface area contributed by atoms with Crippen LogP contribution in [0, 0.1) is 0 Å². The van der Waals surface area contributed by atoms with Gasteiger partial charge in [0.05, 0.1) is 0 Å². The molecule has 0 aromatic rings. The summed E-state index contributed by atoms with van der Waals surface area (Å²) in [5, 5.41) is 4.04. The molecule has 5 heavy (non-hydrogen) atoms. The number of isocyanates is 1. The predicted octanol–water partition coefficient (Wildman–Crippen LogP) is -7.91. The lowest BCUT2D eigenvalue weighted by Crippen LogP contribution is -3.00. The fourth-order valence-electron chi connectivity index (χ4n) is 0. The molecule has 0 unspecified atom stereocenters. The van der Waals surface area contributed by atoms with E-state index in [9.17, 15) is 0 Å². The highest BCUT2D eigenvalue weighted by molar-refractivity contribution is 5.21. The summed E-state index contributed by atoms with van der Waals surface area (Å²) in [5.74, 6) is 0. The minimum Gasteiger partial charge on any atom is -1.00 e. The van der Waals surface area contributed by atoms with Gasteiger partial charge >= 0.3 is 6.08 Å².